The first-order valence-electron chi connectivity index (χ1n) is 8.79. The second-order valence-corrected chi connectivity index (χ2v) is 7.38. The number of methoxy groups -OCH3 is 1. The maximum atomic E-state index is 13.2. The van der Waals surface area contributed by atoms with Gasteiger partial charge in [0.15, 0.2) is 5.11 Å². The Hall–Kier alpha value is -2.90. The van der Waals surface area contributed by atoms with E-state index in [1.807, 2.05) is 43.3 Å². The number of hydrogen-bond donors (Lipinski definition) is 0. The van der Waals surface area contributed by atoms with E-state index >= 15 is 0 Å². The Morgan fingerprint density at radius 3 is 2.31 bits per heavy atom. The van der Waals surface area contributed by atoms with Gasteiger partial charge in [0.1, 0.15) is 12.2 Å². The van der Waals surface area contributed by atoms with Crippen LogP contribution in [0.3, 0.4) is 0 Å². The van der Waals surface area contributed by atoms with Crippen molar-refractivity contribution >= 4 is 58.3 Å². The highest BCUT2D eigenvalue weighted by molar-refractivity contribution is 7.80. The zero-order valence-electron chi connectivity index (χ0n) is 16.3. The van der Waals surface area contributed by atoms with E-state index < -0.39 is 5.97 Å². The van der Waals surface area contributed by atoms with Crippen molar-refractivity contribution in [3.63, 3.8) is 0 Å². The third-order valence-corrected chi connectivity index (χ3v) is 5.10. The van der Waals surface area contributed by atoms with E-state index in [4.69, 9.17) is 28.6 Å². The van der Waals surface area contributed by atoms with Crippen molar-refractivity contribution in [2.24, 2.45) is 0 Å². The lowest BCUT2D eigenvalue weighted by Gasteiger charge is -2.19. The molecule has 0 aromatic heterocycles. The summed E-state index contributed by atoms with van der Waals surface area (Å²) < 4.78 is 4.77. The lowest BCUT2D eigenvalue weighted by molar-refractivity contribution is -0.140. The minimum atomic E-state index is -0.494. The molecule has 0 bridgehead atoms. The highest BCUT2D eigenvalue weighted by atomic mass is 35.5. The molecule has 1 aliphatic rings. The Morgan fingerprint density at radius 2 is 1.76 bits per heavy atom. The number of hydrogen-bond acceptors (Lipinski definition) is 5. The molecule has 1 fully saturated rings. The normalized spacial score (nSPS) is 15.2. The molecule has 1 heterocycles. The molecule has 150 valence electrons. The number of benzene rings is 2. The molecule has 8 heteroatoms. The summed E-state index contributed by atoms with van der Waals surface area (Å²) >= 11 is 11.5. The smallest absolute Gasteiger partial charge is 0.325 e. The molecule has 2 aromatic carbocycles. The molecule has 3 rings (SSSR count). The molecular weight excluding hydrogens is 410 g/mol. The van der Waals surface area contributed by atoms with Crippen LogP contribution in [-0.4, -0.2) is 49.6 Å². The minimum absolute atomic E-state index is 0.160. The number of esters is 1. The van der Waals surface area contributed by atoms with Crippen molar-refractivity contribution < 1.29 is 14.3 Å². The van der Waals surface area contributed by atoms with Crippen LogP contribution < -0.4 is 9.80 Å². The summed E-state index contributed by atoms with van der Waals surface area (Å²) in [7, 11) is 5.20. The number of nitrogens with zero attached hydrogens (tertiary/aromatic N) is 3. The fraction of sp³-hybridized carbons (Fsp3) is 0.190. The van der Waals surface area contributed by atoms with Crippen molar-refractivity contribution in [3.05, 3.63) is 64.8 Å². The standard InChI is InChI=1S/C21H20ClN3O3S/c1-23(2)16-8-4-14(5-9-16)12-18-20(27)25(17-10-6-15(22)7-11-17)21(29)24(18)13-19(26)28-3/h4-12H,13H2,1-3H3/b18-12-. The predicted octanol–water partition coefficient (Wildman–Crippen LogP) is 3.55. The highest BCUT2D eigenvalue weighted by Gasteiger charge is 2.40. The first-order chi connectivity index (χ1) is 13.8. The summed E-state index contributed by atoms with van der Waals surface area (Å²) in [4.78, 5) is 30.0. The maximum absolute atomic E-state index is 13.2. The van der Waals surface area contributed by atoms with Crippen LogP contribution in [0.15, 0.2) is 54.2 Å². The molecule has 0 atom stereocenters. The SMILES string of the molecule is COC(=O)CN1C(=S)N(c2ccc(Cl)cc2)C(=O)/C1=C/c1ccc(N(C)C)cc1. The van der Waals surface area contributed by atoms with Gasteiger partial charge in [-0.3, -0.25) is 14.5 Å². The lowest BCUT2D eigenvalue weighted by Crippen LogP contribution is -2.35. The van der Waals surface area contributed by atoms with Crippen LogP contribution in [-0.2, 0) is 14.3 Å². The van der Waals surface area contributed by atoms with Gasteiger partial charge >= 0.3 is 5.97 Å². The summed E-state index contributed by atoms with van der Waals surface area (Å²) in [6.07, 6.45) is 1.72. The zero-order valence-corrected chi connectivity index (χ0v) is 17.8. The van der Waals surface area contributed by atoms with Gasteiger partial charge < -0.3 is 14.5 Å². The monoisotopic (exact) mass is 429 g/mol. The molecule has 29 heavy (non-hydrogen) atoms. The number of carbonyl (C=O) groups is 2. The summed E-state index contributed by atoms with van der Waals surface area (Å²) in [5.41, 5.74) is 2.72. The van der Waals surface area contributed by atoms with Crippen LogP contribution in [0.4, 0.5) is 11.4 Å². The number of carbonyl (C=O) groups excluding carboxylic acids is 2. The van der Waals surface area contributed by atoms with Gasteiger partial charge in [0.05, 0.1) is 12.8 Å². The van der Waals surface area contributed by atoms with E-state index in [1.54, 1.807) is 30.3 Å². The second-order valence-electron chi connectivity index (χ2n) is 6.58. The lowest BCUT2D eigenvalue weighted by atomic mass is 10.1. The average Bonchev–Trinajstić information content (AvgIpc) is 2.93. The van der Waals surface area contributed by atoms with Crippen molar-refractivity contribution in [1.82, 2.24) is 4.90 Å². The average molecular weight is 430 g/mol. The Balaban J connectivity index is 2.01. The number of thiocarbonyl (C=S) groups is 1. The summed E-state index contributed by atoms with van der Waals surface area (Å²) in [6, 6.07) is 14.5. The third-order valence-electron chi connectivity index (χ3n) is 4.45. The maximum Gasteiger partial charge on any atom is 0.325 e. The molecule has 0 N–H and O–H groups in total. The van der Waals surface area contributed by atoms with Gasteiger partial charge in [-0.1, -0.05) is 23.7 Å². The van der Waals surface area contributed by atoms with E-state index in [1.165, 1.54) is 16.9 Å². The first-order valence-corrected chi connectivity index (χ1v) is 9.58. The Morgan fingerprint density at radius 1 is 1.14 bits per heavy atom. The molecule has 1 aliphatic heterocycles. The van der Waals surface area contributed by atoms with Gasteiger partial charge in [0, 0.05) is 24.8 Å². The summed E-state index contributed by atoms with van der Waals surface area (Å²) in [5, 5.41) is 0.758. The van der Waals surface area contributed by atoms with E-state index in [0.29, 0.717) is 16.4 Å². The molecule has 0 saturated carbocycles. The number of halogens is 1. The van der Waals surface area contributed by atoms with E-state index in [9.17, 15) is 9.59 Å². The number of amides is 1. The Labute approximate surface area is 179 Å². The van der Waals surface area contributed by atoms with Crippen molar-refractivity contribution in [3.8, 4) is 0 Å². The van der Waals surface area contributed by atoms with Crippen LogP contribution in [0.25, 0.3) is 6.08 Å². The molecule has 6 nitrogen and oxygen atoms in total. The molecule has 1 amide bonds. The second kappa shape index (κ2) is 8.63. The number of ether oxygens (including phenoxy) is 1. The fourth-order valence-corrected chi connectivity index (χ4v) is 3.35. The van der Waals surface area contributed by atoms with Crippen LogP contribution >= 0.6 is 23.8 Å². The third kappa shape index (κ3) is 4.41. The van der Waals surface area contributed by atoms with Crippen molar-refractivity contribution in [2.75, 3.05) is 37.5 Å². The Kier molecular flexibility index (Phi) is 6.20. The minimum Gasteiger partial charge on any atom is -0.468 e. The summed E-state index contributed by atoms with van der Waals surface area (Å²) in [5.74, 6) is -0.815. The molecular formula is C21H20ClN3O3S. The van der Waals surface area contributed by atoms with Crippen LogP contribution in [0, 0.1) is 0 Å². The van der Waals surface area contributed by atoms with Gasteiger partial charge in [-0.25, -0.2) is 0 Å². The summed E-state index contributed by atoms with van der Waals surface area (Å²) in [6.45, 7) is -0.160. The Bertz CT molecular complexity index is 972. The quantitative estimate of drug-likeness (QED) is 0.411. The van der Waals surface area contributed by atoms with Gasteiger partial charge in [-0.2, -0.15) is 0 Å². The fourth-order valence-electron chi connectivity index (χ4n) is 2.87. The van der Waals surface area contributed by atoms with Crippen LogP contribution in [0.1, 0.15) is 5.56 Å². The molecule has 0 spiro atoms. The molecule has 0 unspecified atom stereocenters. The topological polar surface area (TPSA) is 53.1 Å². The van der Waals surface area contributed by atoms with Gasteiger partial charge in [-0.05, 0) is 60.3 Å². The molecule has 0 radical (unpaired) electrons. The number of anilines is 2. The molecule has 1 saturated heterocycles. The van der Waals surface area contributed by atoms with Crippen LogP contribution in [0.2, 0.25) is 5.02 Å². The zero-order chi connectivity index (χ0) is 21.1. The van der Waals surface area contributed by atoms with E-state index in [0.717, 1.165) is 11.3 Å². The van der Waals surface area contributed by atoms with Gasteiger partial charge in [-0.15, -0.1) is 0 Å². The predicted molar refractivity (Wildman–Crippen MR) is 119 cm³/mol. The van der Waals surface area contributed by atoms with Crippen molar-refractivity contribution in [2.45, 2.75) is 0 Å². The van der Waals surface area contributed by atoms with Gasteiger partial charge in [0.2, 0.25) is 0 Å². The first kappa shape index (κ1) is 20.8. The van der Waals surface area contributed by atoms with E-state index in [2.05, 4.69) is 0 Å². The van der Waals surface area contributed by atoms with Crippen LogP contribution in [0.5, 0.6) is 0 Å². The number of rotatable bonds is 5. The largest absolute Gasteiger partial charge is 0.468 e. The van der Waals surface area contributed by atoms with E-state index in [-0.39, 0.29) is 17.6 Å². The van der Waals surface area contributed by atoms with Crippen molar-refractivity contribution in [1.29, 1.82) is 0 Å². The van der Waals surface area contributed by atoms with Gasteiger partial charge in [0.25, 0.3) is 5.91 Å². The highest BCUT2D eigenvalue weighted by Crippen LogP contribution is 2.30. The molecule has 2 aromatic rings. The molecule has 0 aliphatic carbocycles.